The van der Waals surface area contributed by atoms with Crippen LogP contribution < -0.4 is 48.9 Å². The first-order chi connectivity index (χ1) is 58.7. The number of methoxy groups -OCH3 is 8. The second kappa shape index (κ2) is 44.0. The van der Waals surface area contributed by atoms with E-state index in [9.17, 15) is 25.2 Å². The number of carbonyl (C=O) groups excluding carboxylic acids is 1. The first-order valence-electron chi connectivity index (χ1n) is 43.4. The van der Waals surface area contributed by atoms with E-state index in [4.69, 9.17) is 75.1 Å². The SMILES string of the molecule is O=CCCc1ccccc1.[C-]#[N+][C@H](C1Cc2c(OC)c(C)c(OC)c(O)c2C(C(N)Cc2cc(O)c(OC)c(C)c2OC)N1C)N1CCO[C@@H](CCO[Si](C)(C(C)C)C(C)C)C1.[C-]#[N+][C@H](C1Cc2c(OC)c(C)c(OC)c(O)c2C(C2Cc3c(OC)c(C)c(OC)c(O)c3[C@H](/C=C/c3ccccc3)N2)N1C)N1CCO[C@@H](CCO[Si](C)(C(C)C)C(C)C)C1. The number of hydrogen-bond acceptors (Lipinski definition) is 23. The molecule has 11 atom stereocenters. The van der Waals surface area contributed by atoms with Crippen molar-refractivity contribution in [1.82, 2.24) is 24.9 Å². The van der Waals surface area contributed by atoms with Crippen molar-refractivity contribution in [3.63, 3.8) is 0 Å². The molecule has 5 heterocycles. The minimum Gasteiger partial charge on any atom is -0.504 e. The monoisotopic (exact) mass is 1730 g/mol. The normalized spacial score (nSPS) is 21.0. The molecule has 25 nitrogen and oxygen atoms in total. The van der Waals surface area contributed by atoms with Crippen LogP contribution in [-0.4, -0.2) is 235 Å². The number of benzene rings is 6. The number of nitrogens with zero attached hydrogens (tertiary/aromatic N) is 6. The van der Waals surface area contributed by atoms with E-state index in [0.29, 0.717) is 191 Å². The molecular formula is C96H140N8O17Si2. The average Bonchev–Trinajstić information content (AvgIpc) is 0.727. The Balaban J connectivity index is 0.000000253. The lowest BCUT2D eigenvalue weighted by atomic mass is 9.77. The summed E-state index contributed by atoms with van der Waals surface area (Å²) in [5.74, 6) is 3.94. The van der Waals surface area contributed by atoms with Crippen molar-refractivity contribution in [2.24, 2.45) is 5.73 Å². The van der Waals surface area contributed by atoms with Gasteiger partial charge in [-0.2, -0.15) is 0 Å². The van der Waals surface area contributed by atoms with Gasteiger partial charge in [0, 0.05) is 126 Å². The Bertz CT molecular complexity index is 4620. The topological polar surface area (TPSA) is 268 Å². The van der Waals surface area contributed by atoms with Gasteiger partial charge in [-0.3, -0.25) is 19.5 Å². The predicted octanol–water partition coefficient (Wildman–Crippen LogP) is 16.1. The highest BCUT2D eigenvalue weighted by molar-refractivity contribution is 6.75. The molecule has 674 valence electrons. The molecule has 6 aromatic carbocycles. The molecule has 0 aromatic heterocycles. The van der Waals surface area contributed by atoms with Crippen molar-refractivity contribution in [2.45, 2.75) is 237 Å². The maximum Gasteiger partial charge on any atom is 0.295 e. The van der Waals surface area contributed by atoms with Crippen molar-refractivity contribution >= 4 is 29.0 Å². The summed E-state index contributed by atoms with van der Waals surface area (Å²) in [6.07, 6.45) is 8.54. The third kappa shape index (κ3) is 21.1. The fourth-order valence-corrected chi connectivity index (χ4v) is 24.6. The molecule has 2 saturated heterocycles. The van der Waals surface area contributed by atoms with E-state index in [0.717, 1.165) is 47.8 Å². The molecule has 11 rings (SSSR count). The van der Waals surface area contributed by atoms with Gasteiger partial charge in [0.1, 0.15) is 41.4 Å². The number of aromatic hydroxyl groups is 4. The summed E-state index contributed by atoms with van der Waals surface area (Å²) >= 11 is 0. The summed E-state index contributed by atoms with van der Waals surface area (Å²) < 4.78 is 72.7. The molecule has 0 bridgehead atoms. The van der Waals surface area contributed by atoms with Crippen molar-refractivity contribution < 1.29 is 81.4 Å². The van der Waals surface area contributed by atoms with Gasteiger partial charge in [0.15, 0.2) is 62.6 Å². The lowest BCUT2D eigenvalue weighted by molar-refractivity contribution is -0.107. The van der Waals surface area contributed by atoms with Crippen LogP contribution >= 0.6 is 0 Å². The van der Waals surface area contributed by atoms with Crippen LogP contribution in [-0.2, 0) is 55.2 Å². The van der Waals surface area contributed by atoms with E-state index in [1.54, 1.807) is 48.7 Å². The molecule has 0 spiro atoms. The van der Waals surface area contributed by atoms with Gasteiger partial charge in [0.05, 0.1) is 100 Å². The van der Waals surface area contributed by atoms with E-state index in [1.807, 2.05) is 101 Å². The second-order valence-electron chi connectivity index (χ2n) is 34.9. The first-order valence-corrected chi connectivity index (χ1v) is 48.5. The first kappa shape index (κ1) is 98.1. The van der Waals surface area contributed by atoms with E-state index < -0.39 is 53.1 Å². The number of nitrogens with two attached hydrogens (primary N) is 1. The molecule has 5 aliphatic heterocycles. The molecule has 27 heteroatoms. The highest BCUT2D eigenvalue weighted by Gasteiger charge is 2.53. The number of aryl methyl sites for hydroxylation is 1. The van der Waals surface area contributed by atoms with E-state index in [2.05, 4.69) is 116 Å². The summed E-state index contributed by atoms with van der Waals surface area (Å²) in [4.78, 5) is 27.5. The lowest BCUT2D eigenvalue weighted by Gasteiger charge is -2.49. The highest BCUT2D eigenvalue weighted by atomic mass is 28.4. The van der Waals surface area contributed by atoms with E-state index in [-0.39, 0.29) is 59.8 Å². The largest absolute Gasteiger partial charge is 0.504 e. The Morgan fingerprint density at radius 3 is 1.39 bits per heavy atom. The number of aldehydes is 1. The van der Waals surface area contributed by atoms with Gasteiger partial charge >= 0.3 is 0 Å². The number of phenols is 4. The molecule has 6 aromatic rings. The van der Waals surface area contributed by atoms with Crippen LogP contribution in [0.4, 0.5) is 0 Å². The highest BCUT2D eigenvalue weighted by Crippen LogP contribution is 2.57. The number of nitrogens with one attached hydrogen (secondary N) is 1. The standard InChI is InChI=1S/C48H68N4O8Si.C39H62N4O8Si.C9H10O/c1-28(2)61(13,29(3)4)60-23-21-33-27-52(22-24-59-33)48(49-7)38-26-35-40(43(54)47(58-12)31(6)45(35)56-10)41(51(38)8)37-25-34-39(42(53)46(57-11)30(5)44(34)55-9)36(50-37)20-19-32-17-15-14-16-18-32;1-22(2)52(13,23(3)4)51-16-14-27-21-43(15-17-50-27)39(41-7)30-20-28-32(34(45)38(49-12)25(6)36(28)47-10)33(42(30)8)29(40)18-26-19-31(44)37(48-11)24(5)35(26)46-9;10-8-4-7-9-5-2-1-3-6-9/h14-20,28-29,33,36-38,41,48,50,53-54H,21-27H2,1-6,8-13H3;19,22-23,27,29-30,33,39,44-45H,14-18,20-21,40H2,1-6,8-13H3;1-3,5-6,8H,4,7H2/b20-19+;;/t33-,36-,37?,38?,41?,48-;27-,29?,30?,33?,39-;/m00./s1. The number of carbonyl (C=O) groups is 1. The average molecular weight is 1730 g/mol. The molecule has 0 aliphatic carbocycles. The number of likely N-dealkylation sites (N-methyl/N-ethyl adjacent to an activating group) is 2. The fourth-order valence-electron chi connectivity index (χ4n) is 19.4. The molecule has 6 unspecified atom stereocenters. The maximum absolute atomic E-state index is 12.3. The molecule has 2 fully saturated rings. The fraction of sp³-hybridized carbons (Fsp3) is 0.573. The Kier molecular flexibility index (Phi) is 35.1. The molecule has 0 radical (unpaired) electrons. The van der Waals surface area contributed by atoms with Crippen LogP contribution in [0.3, 0.4) is 0 Å². The lowest BCUT2D eigenvalue weighted by Crippen LogP contribution is -2.60. The molecule has 7 N–H and O–H groups in total. The Labute approximate surface area is 734 Å². The van der Waals surface area contributed by atoms with Crippen LogP contribution in [0.15, 0.2) is 72.8 Å². The van der Waals surface area contributed by atoms with Gasteiger partial charge in [0.2, 0.25) is 0 Å². The number of morpholine rings is 2. The smallest absolute Gasteiger partial charge is 0.295 e. The number of fused-ring (bicyclic) bond motifs is 3. The maximum atomic E-state index is 12.3. The summed E-state index contributed by atoms with van der Waals surface area (Å²) in [7, 11) is 12.8. The zero-order chi connectivity index (χ0) is 90.2. The second-order valence-corrected chi connectivity index (χ2v) is 44.8. The van der Waals surface area contributed by atoms with Crippen molar-refractivity contribution in [3.8, 4) is 69.0 Å². The Morgan fingerprint density at radius 1 is 0.553 bits per heavy atom. The quantitative estimate of drug-likeness (QED) is 0.0127. The van der Waals surface area contributed by atoms with Crippen LogP contribution in [0.5, 0.6) is 69.0 Å². The van der Waals surface area contributed by atoms with Crippen molar-refractivity contribution in [1.29, 1.82) is 0 Å². The molecule has 123 heavy (non-hydrogen) atoms. The predicted molar refractivity (Wildman–Crippen MR) is 489 cm³/mol. The molecule has 5 aliphatic rings. The Morgan fingerprint density at radius 2 is 0.959 bits per heavy atom. The summed E-state index contributed by atoms with van der Waals surface area (Å²) in [5.41, 5.74) is 19.4. The third-order valence-corrected chi connectivity index (χ3v) is 37.9. The minimum absolute atomic E-state index is 0.00594. The Hall–Kier alpha value is -8.66. The van der Waals surface area contributed by atoms with Crippen LogP contribution in [0.2, 0.25) is 35.3 Å². The number of ether oxygens (including phenoxy) is 10. The van der Waals surface area contributed by atoms with Gasteiger partial charge in [-0.1, -0.05) is 128 Å². The summed E-state index contributed by atoms with van der Waals surface area (Å²) in [6, 6.07) is 18.6. The van der Waals surface area contributed by atoms with Gasteiger partial charge in [-0.25, -0.2) is 22.9 Å². The summed E-state index contributed by atoms with van der Waals surface area (Å²) in [5, 5.41) is 50.7. The van der Waals surface area contributed by atoms with Gasteiger partial charge in [-0.15, -0.1) is 0 Å². The van der Waals surface area contributed by atoms with E-state index in [1.165, 1.54) is 19.8 Å². The van der Waals surface area contributed by atoms with E-state index >= 15 is 0 Å². The zero-order valence-corrected chi connectivity index (χ0v) is 79.4. The van der Waals surface area contributed by atoms with Gasteiger partial charge < -0.3 is 92.5 Å². The molecular weight excluding hydrogens is 1590 g/mol. The van der Waals surface area contributed by atoms with Crippen molar-refractivity contribution in [3.05, 3.63) is 168 Å². The number of hydrogen-bond donors (Lipinski definition) is 6. The molecule has 0 saturated carbocycles. The van der Waals surface area contributed by atoms with Gasteiger partial charge in [0.25, 0.3) is 12.3 Å². The molecule has 0 amide bonds. The number of rotatable bonds is 33. The summed E-state index contributed by atoms with van der Waals surface area (Å²) in [6.45, 7) is 52.3. The number of phenolic OH excluding ortho intramolecular Hbond substituents is 4. The third-order valence-electron chi connectivity index (χ3n) is 27.1. The van der Waals surface area contributed by atoms with Crippen LogP contribution in [0, 0.1) is 40.8 Å². The van der Waals surface area contributed by atoms with Crippen molar-refractivity contribution in [2.75, 3.05) is 124 Å². The van der Waals surface area contributed by atoms with Gasteiger partial charge in [-0.05, 0) is 132 Å². The van der Waals surface area contributed by atoms with Crippen LogP contribution in [0.25, 0.3) is 15.8 Å². The zero-order valence-electron chi connectivity index (χ0n) is 77.4. The van der Waals surface area contributed by atoms with Crippen LogP contribution in [0.1, 0.15) is 165 Å². The minimum atomic E-state index is -1.92.